The van der Waals surface area contributed by atoms with Gasteiger partial charge in [0.25, 0.3) is 0 Å². The Morgan fingerprint density at radius 2 is 2.14 bits per heavy atom. The zero-order chi connectivity index (χ0) is 14.5. The molecule has 1 aliphatic heterocycles. The van der Waals surface area contributed by atoms with Crippen molar-refractivity contribution in [2.75, 3.05) is 35.2 Å². The fourth-order valence-corrected chi connectivity index (χ4v) is 3.44. The summed E-state index contributed by atoms with van der Waals surface area (Å²) in [5.41, 5.74) is 0. The Balaban J connectivity index is 1.77. The molecule has 1 fully saturated rings. The largest absolute Gasteiger partial charge is 0.354 e. The molecule has 112 valence electrons. The van der Waals surface area contributed by atoms with E-state index in [1.807, 2.05) is 24.9 Å². The van der Waals surface area contributed by atoms with Crippen LogP contribution in [0.4, 0.5) is 11.9 Å². The van der Waals surface area contributed by atoms with E-state index in [9.17, 15) is 0 Å². The van der Waals surface area contributed by atoms with Crippen LogP contribution >= 0.6 is 11.8 Å². The van der Waals surface area contributed by atoms with Crippen molar-refractivity contribution >= 4 is 23.7 Å². The van der Waals surface area contributed by atoms with E-state index < -0.39 is 0 Å². The molecule has 3 heterocycles. The van der Waals surface area contributed by atoms with Crippen LogP contribution in [0.25, 0.3) is 5.95 Å². The van der Waals surface area contributed by atoms with E-state index in [1.165, 1.54) is 17.9 Å². The van der Waals surface area contributed by atoms with E-state index in [2.05, 4.69) is 30.6 Å². The number of rotatable bonds is 6. The Morgan fingerprint density at radius 3 is 2.81 bits per heavy atom. The first kappa shape index (κ1) is 14.1. The molecule has 0 bridgehead atoms. The summed E-state index contributed by atoms with van der Waals surface area (Å²) in [6.07, 6.45) is 6.47. The number of imidazole rings is 1. The van der Waals surface area contributed by atoms with Gasteiger partial charge >= 0.3 is 0 Å². The molecule has 0 radical (unpaired) electrons. The van der Waals surface area contributed by atoms with Gasteiger partial charge in [-0.15, -0.1) is 0 Å². The van der Waals surface area contributed by atoms with E-state index >= 15 is 0 Å². The third kappa shape index (κ3) is 3.63. The highest BCUT2D eigenvalue weighted by Gasteiger charge is 2.16. The number of nitrogens with one attached hydrogen (secondary N) is 2. The highest BCUT2D eigenvalue weighted by atomic mass is 32.2. The lowest BCUT2D eigenvalue weighted by molar-refractivity contribution is 0.628. The number of anilines is 2. The molecule has 7 nitrogen and oxygen atoms in total. The molecule has 0 saturated carbocycles. The first-order chi connectivity index (χ1) is 10.3. The van der Waals surface area contributed by atoms with Crippen LogP contribution in [0.2, 0.25) is 0 Å². The quantitative estimate of drug-likeness (QED) is 0.840. The van der Waals surface area contributed by atoms with Gasteiger partial charge in [-0.25, -0.2) is 4.98 Å². The first-order valence-corrected chi connectivity index (χ1v) is 8.30. The minimum atomic E-state index is 0.571. The van der Waals surface area contributed by atoms with Gasteiger partial charge in [0.05, 0.1) is 0 Å². The van der Waals surface area contributed by atoms with E-state index in [4.69, 9.17) is 0 Å². The van der Waals surface area contributed by atoms with Crippen molar-refractivity contribution < 1.29 is 0 Å². The van der Waals surface area contributed by atoms with Gasteiger partial charge in [0.1, 0.15) is 6.33 Å². The van der Waals surface area contributed by atoms with Crippen LogP contribution in [-0.2, 0) is 0 Å². The van der Waals surface area contributed by atoms with E-state index in [1.54, 1.807) is 17.1 Å². The molecule has 2 aromatic heterocycles. The lowest BCUT2D eigenvalue weighted by Gasteiger charge is -2.12. The predicted molar refractivity (Wildman–Crippen MR) is 85.0 cm³/mol. The van der Waals surface area contributed by atoms with Crippen LogP contribution in [0.15, 0.2) is 18.7 Å². The zero-order valence-electron chi connectivity index (χ0n) is 12.0. The SMILES string of the molecule is CCNc1nc(NCC2CCSC2)nc(-n2ccnc2)n1. The topological polar surface area (TPSA) is 80.5 Å². The van der Waals surface area contributed by atoms with Gasteiger partial charge in [-0.2, -0.15) is 26.7 Å². The van der Waals surface area contributed by atoms with Gasteiger partial charge in [-0.3, -0.25) is 4.57 Å². The second-order valence-electron chi connectivity index (χ2n) is 4.89. The summed E-state index contributed by atoms with van der Waals surface area (Å²) < 4.78 is 1.78. The van der Waals surface area contributed by atoms with Crippen LogP contribution < -0.4 is 10.6 Å². The number of thioether (sulfide) groups is 1. The number of aromatic nitrogens is 5. The molecule has 1 atom stereocenters. The highest BCUT2D eigenvalue weighted by molar-refractivity contribution is 7.99. The molecule has 0 spiro atoms. The lowest BCUT2D eigenvalue weighted by atomic mass is 10.1. The third-order valence-electron chi connectivity index (χ3n) is 3.27. The second kappa shape index (κ2) is 6.75. The first-order valence-electron chi connectivity index (χ1n) is 7.15. The Kier molecular flexibility index (Phi) is 4.54. The van der Waals surface area contributed by atoms with Crippen LogP contribution in [0, 0.1) is 5.92 Å². The monoisotopic (exact) mass is 305 g/mol. The van der Waals surface area contributed by atoms with Crippen molar-refractivity contribution in [1.82, 2.24) is 24.5 Å². The summed E-state index contributed by atoms with van der Waals surface area (Å²) >= 11 is 2.01. The van der Waals surface area contributed by atoms with Crippen LogP contribution in [0.5, 0.6) is 0 Å². The minimum absolute atomic E-state index is 0.571. The minimum Gasteiger partial charge on any atom is -0.354 e. The molecule has 1 aliphatic rings. The Labute approximate surface area is 128 Å². The van der Waals surface area contributed by atoms with Gasteiger partial charge in [-0.05, 0) is 30.8 Å². The average molecular weight is 305 g/mol. The maximum atomic E-state index is 4.46. The molecule has 1 saturated heterocycles. The molecule has 8 heteroatoms. The summed E-state index contributed by atoms with van der Waals surface area (Å²) in [5, 5.41) is 6.48. The lowest BCUT2D eigenvalue weighted by Crippen LogP contribution is -2.17. The van der Waals surface area contributed by atoms with Crippen molar-refractivity contribution in [3.05, 3.63) is 18.7 Å². The molecule has 0 aliphatic carbocycles. The number of hydrogen-bond acceptors (Lipinski definition) is 7. The number of hydrogen-bond donors (Lipinski definition) is 2. The zero-order valence-corrected chi connectivity index (χ0v) is 12.8. The Morgan fingerprint density at radius 1 is 1.29 bits per heavy atom. The summed E-state index contributed by atoms with van der Waals surface area (Å²) in [7, 11) is 0. The molecular formula is C13H19N7S. The van der Waals surface area contributed by atoms with Gasteiger partial charge < -0.3 is 10.6 Å². The van der Waals surface area contributed by atoms with Gasteiger partial charge in [-0.1, -0.05) is 0 Å². The summed E-state index contributed by atoms with van der Waals surface area (Å²) in [4.78, 5) is 17.3. The second-order valence-corrected chi connectivity index (χ2v) is 6.04. The van der Waals surface area contributed by atoms with Crippen molar-refractivity contribution in [2.45, 2.75) is 13.3 Å². The van der Waals surface area contributed by atoms with Crippen molar-refractivity contribution in [2.24, 2.45) is 5.92 Å². The van der Waals surface area contributed by atoms with Crippen molar-refractivity contribution in [1.29, 1.82) is 0 Å². The van der Waals surface area contributed by atoms with Gasteiger partial charge in [0.2, 0.25) is 17.8 Å². The van der Waals surface area contributed by atoms with Gasteiger partial charge in [0, 0.05) is 25.5 Å². The molecule has 0 aromatic carbocycles. The molecule has 0 amide bonds. The molecule has 3 rings (SSSR count). The van der Waals surface area contributed by atoms with E-state index in [0.29, 0.717) is 23.8 Å². The fourth-order valence-electron chi connectivity index (χ4n) is 2.15. The Hall–Kier alpha value is -1.83. The molecule has 2 N–H and O–H groups in total. The smallest absolute Gasteiger partial charge is 0.241 e. The van der Waals surface area contributed by atoms with Crippen LogP contribution in [0.1, 0.15) is 13.3 Å². The molecular weight excluding hydrogens is 286 g/mol. The van der Waals surface area contributed by atoms with Crippen molar-refractivity contribution in [3.8, 4) is 5.95 Å². The summed E-state index contributed by atoms with van der Waals surface area (Å²) in [6, 6.07) is 0. The van der Waals surface area contributed by atoms with Crippen molar-refractivity contribution in [3.63, 3.8) is 0 Å². The number of nitrogens with zero attached hydrogens (tertiary/aromatic N) is 5. The third-order valence-corrected chi connectivity index (χ3v) is 4.50. The maximum absolute atomic E-state index is 4.46. The van der Waals surface area contributed by atoms with Crippen LogP contribution in [0.3, 0.4) is 0 Å². The maximum Gasteiger partial charge on any atom is 0.241 e. The normalized spacial score (nSPS) is 17.9. The fraction of sp³-hybridized carbons (Fsp3) is 0.538. The average Bonchev–Trinajstić information content (AvgIpc) is 3.19. The van der Waals surface area contributed by atoms with E-state index in [-0.39, 0.29) is 0 Å². The Bertz CT molecular complexity index is 566. The van der Waals surface area contributed by atoms with Crippen LogP contribution in [-0.4, -0.2) is 49.1 Å². The molecule has 2 aromatic rings. The summed E-state index contributed by atoms with van der Waals surface area (Å²) in [6.45, 7) is 3.70. The predicted octanol–water partition coefficient (Wildman–Crippen LogP) is 1.65. The molecule has 21 heavy (non-hydrogen) atoms. The standard InChI is InChI=1S/C13H19N7S/c1-2-15-11-17-12(16-7-10-3-6-21-8-10)19-13(18-11)20-5-4-14-9-20/h4-5,9-10H,2-3,6-8H2,1H3,(H2,15,16,17,18,19). The molecule has 1 unspecified atom stereocenters. The van der Waals surface area contributed by atoms with E-state index in [0.717, 1.165) is 13.1 Å². The highest BCUT2D eigenvalue weighted by Crippen LogP contribution is 2.23. The summed E-state index contributed by atoms with van der Waals surface area (Å²) in [5.74, 6) is 4.94. The van der Waals surface area contributed by atoms with Gasteiger partial charge in [0.15, 0.2) is 0 Å².